The normalized spacial score (nSPS) is 12.9. The Hall–Kier alpha value is -12.3. The van der Waals surface area contributed by atoms with Crippen molar-refractivity contribution < 1.29 is 0 Å². The molecule has 16 aromatic rings. The van der Waals surface area contributed by atoms with Crippen molar-refractivity contribution in [3.8, 4) is 67.0 Å². The van der Waals surface area contributed by atoms with Crippen LogP contribution in [0.3, 0.4) is 0 Å². The monoisotopic (exact) mass is 1190 g/mol. The summed E-state index contributed by atoms with van der Waals surface area (Å²) in [5.41, 5.74) is 28.0. The van der Waals surface area contributed by atoms with E-state index < -0.39 is 0 Å². The fraction of sp³-hybridized carbons (Fsp3) is 0. The number of benzene rings is 14. The third-order valence-corrected chi connectivity index (χ3v) is 20.5. The van der Waals surface area contributed by atoms with E-state index in [4.69, 9.17) is 0 Å². The van der Waals surface area contributed by atoms with Crippen LogP contribution >= 0.6 is 0 Å². The summed E-state index contributed by atoms with van der Waals surface area (Å²) in [5.74, 6) is 0. The summed E-state index contributed by atoms with van der Waals surface area (Å²) in [7, 11) is 0. The van der Waals surface area contributed by atoms with E-state index in [0.717, 1.165) is 156 Å². The lowest BCUT2D eigenvalue weighted by atomic mass is 9.33. The minimum Gasteiger partial charge on any atom is -0.311 e. The number of hydrogen-bond donors (Lipinski definition) is 0. The highest BCUT2D eigenvalue weighted by Crippen LogP contribution is 2.50. The van der Waals surface area contributed by atoms with E-state index in [9.17, 15) is 0 Å². The van der Waals surface area contributed by atoms with Gasteiger partial charge in [0.05, 0.1) is 16.7 Å². The highest BCUT2D eigenvalue weighted by molar-refractivity contribution is 7.01. The predicted octanol–water partition coefficient (Wildman–Crippen LogP) is 16.2. The highest BCUT2D eigenvalue weighted by Gasteiger charge is 2.45. The first-order chi connectivity index (χ1) is 46.5. The summed E-state index contributed by atoms with van der Waals surface area (Å²) >= 11 is 0. The zero-order valence-corrected chi connectivity index (χ0v) is 50.8. The molecule has 434 valence electrons. The molecule has 0 bridgehead atoms. The summed E-state index contributed by atoms with van der Waals surface area (Å²) in [6.45, 7) is -0.356. The van der Waals surface area contributed by atoms with Gasteiger partial charge in [0.25, 0.3) is 24.5 Å². The van der Waals surface area contributed by atoms with Gasteiger partial charge in [-0.25, -0.2) is 0 Å². The largest absolute Gasteiger partial charge is 0.311 e. The molecule has 8 heteroatoms. The second-order valence-electron chi connectivity index (χ2n) is 25.3. The third-order valence-electron chi connectivity index (χ3n) is 20.5. The summed E-state index contributed by atoms with van der Waals surface area (Å²) in [6, 6.07) is 113. The van der Waals surface area contributed by atoms with Crippen LogP contribution in [0.25, 0.3) is 110 Å². The zero-order chi connectivity index (χ0) is 61.9. The van der Waals surface area contributed by atoms with E-state index >= 15 is 9.59 Å². The van der Waals surface area contributed by atoms with Crippen LogP contribution in [-0.2, 0) is 0 Å². The van der Waals surface area contributed by atoms with Crippen LogP contribution in [0, 0.1) is 0 Å². The van der Waals surface area contributed by atoms with E-state index in [0.29, 0.717) is 10.8 Å². The van der Waals surface area contributed by atoms with Gasteiger partial charge in [0.1, 0.15) is 0 Å². The van der Waals surface area contributed by atoms with Crippen molar-refractivity contribution in [2.24, 2.45) is 0 Å². The Balaban J connectivity index is 0.789. The molecule has 2 aromatic heterocycles. The first-order valence-electron chi connectivity index (χ1n) is 32.3. The van der Waals surface area contributed by atoms with Gasteiger partial charge in [0, 0.05) is 72.5 Å². The predicted molar refractivity (Wildman–Crippen MR) is 394 cm³/mol. The lowest BCUT2D eigenvalue weighted by Crippen LogP contribution is -2.61. The molecule has 0 fully saturated rings. The second kappa shape index (κ2) is 20.1. The third kappa shape index (κ3) is 7.44. The molecule has 94 heavy (non-hydrogen) atoms. The molecular weight excluding hydrogens is 1140 g/mol. The van der Waals surface area contributed by atoms with Crippen LogP contribution in [0.15, 0.2) is 325 Å². The average molecular weight is 1200 g/mol. The first kappa shape index (κ1) is 52.5. The molecule has 14 aromatic carbocycles. The Kier molecular flexibility index (Phi) is 11.2. The fourth-order valence-electron chi connectivity index (χ4n) is 16.5. The molecule has 0 amide bonds. The number of aromatic nitrogens is 2. The summed E-state index contributed by atoms with van der Waals surface area (Å²) in [6.07, 6.45) is 0. The van der Waals surface area contributed by atoms with Gasteiger partial charge in [0.15, 0.2) is 0 Å². The van der Waals surface area contributed by atoms with Crippen molar-refractivity contribution in [2.45, 2.75) is 0 Å². The van der Waals surface area contributed by atoms with Crippen molar-refractivity contribution >= 4 is 124 Å². The lowest BCUT2D eigenvalue weighted by Gasteiger charge is -2.42. The maximum atomic E-state index is 15.3. The first-order valence-corrected chi connectivity index (χ1v) is 32.3. The Labute approximate surface area is 542 Å². The van der Waals surface area contributed by atoms with Gasteiger partial charge in [-0.05, 0) is 149 Å². The number of hydrogen-bond acceptors (Lipinski definition) is 4. The Morgan fingerprint density at radius 1 is 0.234 bits per heavy atom. The van der Waals surface area contributed by atoms with Gasteiger partial charge in [-0.2, -0.15) is 0 Å². The van der Waals surface area contributed by atoms with Gasteiger partial charge >= 0.3 is 0 Å². The second-order valence-corrected chi connectivity index (χ2v) is 25.3. The van der Waals surface area contributed by atoms with Crippen LogP contribution in [0.5, 0.6) is 0 Å². The molecule has 20 rings (SSSR count). The average Bonchev–Trinajstić information content (AvgIpc) is 0.692. The van der Waals surface area contributed by atoms with Gasteiger partial charge in [-0.3, -0.25) is 18.7 Å². The molecule has 4 aliphatic rings. The van der Waals surface area contributed by atoms with E-state index in [1.807, 2.05) is 45.5 Å². The summed E-state index contributed by atoms with van der Waals surface area (Å²) in [4.78, 5) is 35.2. The Morgan fingerprint density at radius 2 is 0.596 bits per heavy atom. The van der Waals surface area contributed by atoms with Gasteiger partial charge in [0.2, 0.25) is 0 Å². The van der Waals surface area contributed by atoms with Crippen molar-refractivity contribution in [3.63, 3.8) is 0 Å². The maximum Gasteiger partial charge on any atom is 0.263 e. The van der Waals surface area contributed by atoms with Gasteiger partial charge in [-0.1, -0.05) is 255 Å². The molecule has 6 heterocycles. The Morgan fingerprint density at radius 3 is 1.12 bits per heavy atom. The molecule has 6 nitrogen and oxygen atoms in total. The molecule has 0 aliphatic carbocycles. The molecule has 4 aliphatic heterocycles. The van der Waals surface area contributed by atoms with Crippen LogP contribution in [-0.4, -0.2) is 22.6 Å². The molecule has 0 saturated carbocycles. The minimum absolute atomic E-state index is 0.0125. The van der Waals surface area contributed by atoms with E-state index in [2.05, 4.69) is 289 Å². The molecular formula is C86H52B2N4O2. The number of pyridine rings is 2. The van der Waals surface area contributed by atoms with E-state index in [1.165, 1.54) is 10.9 Å². The van der Waals surface area contributed by atoms with Crippen LogP contribution in [0.4, 0.5) is 34.1 Å². The molecule has 0 unspecified atom stereocenters. The van der Waals surface area contributed by atoms with E-state index in [1.54, 1.807) is 0 Å². The quantitative estimate of drug-likeness (QED) is 0.118. The Bertz CT molecular complexity index is 6050. The van der Waals surface area contributed by atoms with Crippen LogP contribution in [0.1, 0.15) is 0 Å². The molecule has 0 radical (unpaired) electrons. The van der Waals surface area contributed by atoms with Crippen molar-refractivity contribution in [1.82, 2.24) is 9.13 Å². The van der Waals surface area contributed by atoms with Crippen molar-refractivity contribution in [1.29, 1.82) is 0 Å². The topological polar surface area (TPSA) is 50.5 Å². The number of rotatable bonds is 7. The molecule has 0 atom stereocenters. The van der Waals surface area contributed by atoms with Crippen molar-refractivity contribution in [3.05, 3.63) is 336 Å². The minimum atomic E-state index is -0.181. The number of nitrogens with zero attached hydrogens (tertiary/aromatic N) is 4. The molecule has 0 spiro atoms. The lowest BCUT2D eigenvalue weighted by molar-refractivity contribution is 1.07. The number of para-hydroxylation sites is 3. The van der Waals surface area contributed by atoms with Gasteiger partial charge in [-0.15, -0.1) is 0 Å². The standard InChI is InChI=1S/C86H52B2N4O2/c93-85-68-27-12-10-25-64(68)66-45-49-78-80-83(66)91(85)74-33-16-14-31-70(74)87(80)72-52-60(41-47-76(72)89(78)61-43-39-55(40-44-61)53-19-4-1-5-20-53)56-35-37-58(38-36-56)63-30-18-29-62(57-23-8-3-9-24-57)82(63)90-77-48-42-59(54-21-6-2-7-22-54)51-73(77)88-71-32-15-17-34-75(71)92-84-67(46-50-79(90)81(84)88)65-26-11-13-28-69(65)86(92)94/h1-52H. The zero-order valence-electron chi connectivity index (χ0n) is 50.8. The molecule has 0 saturated heterocycles. The van der Waals surface area contributed by atoms with Gasteiger partial charge < -0.3 is 9.80 Å². The molecule has 0 N–H and O–H groups in total. The SMILES string of the molecule is O=c1c2ccccc2c2ccc3c4c2n1-c1ccccc1B4c1cc(-c2ccc(-c4cccc(-c5ccccc5)c4N4c5ccc(-c6ccccc6)cc5B5c6ccccc6-n6c(=O)c7ccccc7c7ccc4c5c76)cc2)ccc1N3c1ccc(-c2ccccc2)cc1. The highest BCUT2D eigenvalue weighted by atomic mass is 16.1. The van der Waals surface area contributed by atoms with Crippen LogP contribution in [0.2, 0.25) is 0 Å². The smallest absolute Gasteiger partial charge is 0.263 e. The fourth-order valence-corrected chi connectivity index (χ4v) is 16.5. The summed E-state index contributed by atoms with van der Waals surface area (Å²) < 4.78 is 4.00. The number of fused-ring (bicyclic) bond motifs is 14. The van der Waals surface area contributed by atoms with E-state index in [-0.39, 0.29) is 24.5 Å². The van der Waals surface area contributed by atoms with Crippen LogP contribution < -0.4 is 53.7 Å². The number of anilines is 6. The van der Waals surface area contributed by atoms with Crippen molar-refractivity contribution in [2.75, 3.05) is 9.80 Å². The summed E-state index contributed by atoms with van der Waals surface area (Å²) in [5, 5.41) is 5.43. The maximum absolute atomic E-state index is 15.3.